The van der Waals surface area contributed by atoms with Crippen LogP contribution in [0.25, 0.3) is 22.4 Å². The van der Waals surface area contributed by atoms with Crippen molar-refractivity contribution in [3.8, 4) is 11.4 Å². The summed E-state index contributed by atoms with van der Waals surface area (Å²) in [6.45, 7) is 4.01. The lowest BCUT2D eigenvalue weighted by atomic mass is 10.2. The molecule has 0 aliphatic carbocycles. The lowest BCUT2D eigenvalue weighted by Crippen LogP contribution is -2.36. The van der Waals surface area contributed by atoms with Crippen LogP contribution in [0.3, 0.4) is 0 Å². The second kappa shape index (κ2) is 10.3. The number of nitrogens with one attached hydrogen (secondary N) is 1. The van der Waals surface area contributed by atoms with E-state index in [1.807, 2.05) is 26.0 Å². The molecule has 2 aromatic carbocycles. The van der Waals surface area contributed by atoms with Crippen LogP contribution in [0, 0.1) is 6.92 Å². The van der Waals surface area contributed by atoms with Crippen molar-refractivity contribution in [3.63, 3.8) is 0 Å². The molecule has 0 bridgehead atoms. The van der Waals surface area contributed by atoms with E-state index in [-0.39, 0.29) is 35.0 Å². The van der Waals surface area contributed by atoms with Gasteiger partial charge in [-0.3, -0.25) is 28.3 Å². The number of thioether (sulfide) groups is 1. The summed E-state index contributed by atoms with van der Waals surface area (Å²) in [5.74, 6) is -0.248. The van der Waals surface area contributed by atoms with E-state index < -0.39 is 17.0 Å². The molecule has 0 saturated carbocycles. The standard InChI is InChI=1S/C26H25N7O5S/c1-4-11-31-21(27)20(22(35)28-25(31)37)18(34)13-39-26-30-29-24-32(17-12-14(2)9-10-19(17)38-3)23(36)15-7-5-6-8-16(15)33(24)26/h5-10,12H,4,11,13,27H2,1-3H3,(H,28,35,37). The number of anilines is 1. The van der Waals surface area contributed by atoms with Gasteiger partial charge in [0.05, 0.1) is 29.5 Å². The van der Waals surface area contributed by atoms with E-state index in [1.54, 1.807) is 34.7 Å². The third kappa shape index (κ3) is 4.40. The minimum absolute atomic E-state index is 0.173. The molecule has 0 amide bonds. The average Bonchev–Trinajstić information content (AvgIpc) is 3.34. The lowest BCUT2D eigenvalue weighted by Gasteiger charge is -2.14. The first-order chi connectivity index (χ1) is 18.8. The molecule has 5 aromatic rings. The van der Waals surface area contributed by atoms with Gasteiger partial charge in [0, 0.05) is 6.54 Å². The normalized spacial score (nSPS) is 11.4. The molecular formula is C26H25N7O5S. The minimum atomic E-state index is -0.840. The number of ether oxygens (including phenoxy) is 1. The van der Waals surface area contributed by atoms with Crippen molar-refractivity contribution >= 4 is 40.0 Å². The molecule has 0 saturated heterocycles. The summed E-state index contributed by atoms with van der Waals surface area (Å²) in [6.07, 6.45) is 0.588. The van der Waals surface area contributed by atoms with Crippen molar-refractivity contribution in [1.29, 1.82) is 0 Å². The Bertz CT molecular complexity index is 1940. The number of nitrogen functional groups attached to an aromatic ring is 1. The van der Waals surface area contributed by atoms with Crippen LogP contribution in [0.4, 0.5) is 5.82 Å². The van der Waals surface area contributed by atoms with Crippen molar-refractivity contribution in [3.05, 3.63) is 84.8 Å². The predicted molar refractivity (Wildman–Crippen MR) is 148 cm³/mol. The summed E-state index contributed by atoms with van der Waals surface area (Å²) in [5.41, 5.74) is 5.92. The number of hydrogen-bond acceptors (Lipinski definition) is 9. The van der Waals surface area contributed by atoms with Gasteiger partial charge in [-0.05, 0) is 43.2 Å². The second-order valence-electron chi connectivity index (χ2n) is 8.83. The summed E-state index contributed by atoms with van der Waals surface area (Å²) < 4.78 is 9.81. The highest BCUT2D eigenvalue weighted by atomic mass is 32.2. The fraction of sp³-hybridized carbons (Fsp3) is 0.231. The van der Waals surface area contributed by atoms with Gasteiger partial charge in [0.2, 0.25) is 5.78 Å². The van der Waals surface area contributed by atoms with E-state index in [1.165, 1.54) is 16.2 Å². The van der Waals surface area contributed by atoms with Crippen LogP contribution >= 0.6 is 11.8 Å². The molecule has 0 aliphatic heterocycles. The van der Waals surface area contributed by atoms with Gasteiger partial charge in [0.15, 0.2) is 10.9 Å². The fourth-order valence-corrected chi connectivity index (χ4v) is 5.28. The summed E-state index contributed by atoms with van der Waals surface area (Å²) in [6, 6.07) is 12.5. The highest BCUT2D eigenvalue weighted by Gasteiger charge is 2.23. The number of benzene rings is 2. The summed E-state index contributed by atoms with van der Waals surface area (Å²) in [5, 5.41) is 9.31. The molecule has 3 N–H and O–H groups in total. The van der Waals surface area contributed by atoms with Crippen molar-refractivity contribution < 1.29 is 9.53 Å². The summed E-state index contributed by atoms with van der Waals surface area (Å²) >= 11 is 1.04. The number of nitrogens with two attached hydrogens (primary N) is 1. The SMILES string of the molecule is CCCn1c(N)c(C(=O)CSc2nnc3n(-c4cc(C)ccc4OC)c(=O)c4ccccc4n23)c(=O)[nH]c1=O. The molecule has 39 heavy (non-hydrogen) atoms. The first-order valence-corrected chi connectivity index (χ1v) is 13.1. The number of nitrogens with zero attached hydrogens (tertiary/aromatic N) is 5. The quantitative estimate of drug-likeness (QED) is 0.219. The Labute approximate surface area is 225 Å². The maximum Gasteiger partial charge on any atom is 0.329 e. The van der Waals surface area contributed by atoms with Gasteiger partial charge in [0.1, 0.15) is 17.1 Å². The number of aromatic amines is 1. The highest BCUT2D eigenvalue weighted by Crippen LogP contribution is 2.28. The molecule has 3 aromatic heterocycles. The molecule has 0 fully saturated rings. The summed E-state index contributed by atoms with van der Waals surface area (Å²) in [4.78, 5) is 53.6. The number of methoxy groups -OCH3 is 1. The largest absolute Gasteiger partial charge is 0.495 e. The van der Waals surface area contributed by atoms with Crippen molar-refractivity contribution in [1.82, 2.24) is 28.7 Å². The number of hydrogen-bond donors (Lipinski definition) is 2. The molecule has 5 rings (SSSR count). The van der Waals surface area contributed by atoms with Gasteiger partial charge in [-0.1, -0.05) is 36.9 Å². The maximum absolute atomic E-state index is 13.7. The second-order valence-corrected chi connectivity index (χ2v) is 9.78. The number of carbonyl (C=O) groups is 1. The molecule has 0 spiro atoms. The third-order valence-electron chi connectivity index (χ3n) is 6.27. The van der Waals surface area contributed by atoms with Gasteiger partial charge in [0.25, 0.3) is 11.1 Å². The van der Waals surface area contributed by atoms with E-state index in [9.17, 15) is 19.2 Å². The molecule has 12 nitrogen and oxygen atoms in total. The van der Waals surface area contributed by atoms with E-state index in [4.69, 9.17) is 10.5 Å². The maximum atomic E-state index is 13.7. The molecule has 200 valence electrons. The van der Waals surface area contributed by atoms with E-state index in [2.05, 4.69) is 15.2 Å². The number of ketones is 1. The van der Waals surface area contributed by atoms with Gasteiger partial charge in [-0.25, -0.2) is 9.36 Å². The molecule has 0 atom stereocenters. The molecule has 13 heteroatoms. The topological polar surface area (TPSA) is 159 Å². The highest BCUT2D eigenvalue weighted by molar-refractivity contribution is 7.99. The predicted octanol–water partition coefficient (Wildman–Crippen LogP) is 2.17. The van der Waals surface area contributed by atoms with Gasteiger partial charge in [-0.15, -0.1) is 10.2 Å². The van der Waals surface area contributed by atoms with Crippen LogP contribution in [0.15, 0.2) is 62.0 Å². The number of aromatic nitrogens is 6. The Hall–Kier alpha value is -4.65. The van der Waals surface area contributed by atoms with Crippen LogP contribution in [-0.2, 0) is 6.54 Å². The number of aryl methyl sites for hydroxylation is 1. The van der Waals surface area contributed by atoms with Crippen LogP contribution in [-0.4, -0.2) is 47.4 Å². The Balaban J connectivity index is 1.64. The Morgan fingerprint density at radius 1 is 1.13 bits per heavy atom. The zero-order valence-electron chi connectivity index (χ0n) is 21.4. The number of para-hydroxylation sites is 1. The fourth-order valence-electron chi connectivity index (χ4n) is 4.47. The zero-order valence-corrected chi connectivity index (χ0v) is 22.2. The number of carbonyl (C=O) groups excluding carboxylic acids is 1. The van der Waals surface area contributed by atoms with E-state index in [0.29, 0.717) is 33.9 Å². The molecule has 0 aliphatic rings. The average molecular weight is 548 g/mol. The molecule has 0 radical (unpaired) electrons. The van der Waals surface area contributed by atoms with Crippen LogP contribution in [0.5, 0.6) is 5.75 Å². The monoisotopic (exact) mass is 547 g/mol. The van der Waals surface area contributed by atoms with Crippen molar-refractivity contribution in [2.45, 2.75) is 32.0 Å². The number of rotatable bonds is 8. The first kappa shape index (κ1) is 26.0. The van der Waals surface area contributed by atoms with Crippen LogP contribution in [0.1, 0.15) is 29.3 Å². The Morgan fingerprint density at radius 3 is 2.64 bits per heavy atom. The number of fused-ring (bicyclic) bond motifs is 3. The smallest absolute Gasteiger partial charge is 0.329 e. The number of Topliss-reactive ketones (excluding diaryl/α,β-unsaturated/α-hetero) is 1. The first-order valence-electron chi connectivity index (χ1n) is 12.1. The Kier molecular flexibility index (Phi) is 6.83. The molecular weight excluding hydrogens is 522 g/mol. The third-order valence-corrected chi connectivity index (χ3v) is 7.20. The van der Waals surface area contributed by atoms with Crippen LogP contribution < -0.4 is 27.3 Å². The summed E-state index contributed by atoms with van der Waals surface area (Å²) in [7, 11) is 1.52. The lowest BCUT2D eigenvalue weighted by molar-refractivity contribution is 0.102. The van der Waals surface area contributed by atoms with Crippen molar-refractivity contribution in [2.75, 3.05) is 18.6 Å². The molecule has 3 heterocycles. The minimum Gasteiger partial charge on any atom is -0.495 e. The van der Waals surface area contributed by atoms with E-state index >= 15 is 0 Å². The Morgan fingerprint density at radius 2 is 1.90 bits per heavy atom. The van der Waals surface area contributed by atoms with Crippen LogP contribution in [0.2, 0.25) is 0 Å². The van der Waals surface area contributed by atoms with E-state index in [0.717, 1.165) is 17.3 Å². The van der Waals surface area contributed by atoms with Gasteiger partial charge >= 0.3 is 5.69 Å². The zero-order chi connectivity index (χ0) is 27.8. The molecule has 0 unspecified atom stereocenters. The number of H-pyrrole nitrogens is 1. The van der Waals surface area contributed by atoms with Gasteiger partial charge < -0.3 is 10.5 Å². The van der Waals surface area contributed by atoms with Crippen molar-refractivity contribution in [2.24, 2.45) is 0 Å². The van der Waals surface area contributed by atoms with Gasteiger partial charge in [-0.2, -0.15) is 0 Å².